The van der Waals surface area contributed by atoms with Crippen LogP contribution in [0.25, 0.3) is 16.3 Å². The molecule has 0 atom stereocenters. The summed E-state index contributed by atoms with van der Waals surface area (Å²) in [5.74, 6) is 0.197. The Morgan fingerprint density at radius 3 is 2.69 bits per heavy atom. The highest BCUT2D eigenvalue weighted by molar-refractivity contribution is 7.22. The number of nitrogens with zero attached hydrogens (tertiary/aromatic N) is 2. The topological polar surface area (TPSA) is 33.2 Å². The highest BCUT2D eigenvalue weighted by atomic mass is 35.5. The van der Waals surface area contributed by atoms with Gasteiger partial charge in [-0.15, -0.1) is 0 Å². The van der Waals surface area contributed by atoms with E-state index < -0.39 is 0 Å². The van der Waals surface area contributed by atoms with Gasteiger partial charge in [-0.2, -0.15) is 0 Å². The van der Waals surface area contributed by atoms with Gasteiger partial charge in [0.05, 0.1) is 10.2 Å². The Kier molecular flexibility index (Phi) is 5.97. The number of thiazole rings is 1. The molecule has 3 rings (SSSR count). The first-order valence-electron chi connectivity index (χ1n) is 8.24. The second-order valence-electron chi connectivity index (χ2n) is 6.31. The molecule has 1 aromatic heterocycles. The van der Waals surface area contributed by atoms with E-state index in [1.54, 1.807) is 29.2 Å². The zero-order chi connectivity index (χ0) is 18.7. The van der Waals surface area contributed by atoms with E-state index in [0.29, 0.717) is 27.6 Å². The number of rotatable bonds is 5. The second kappa shape index (κ2) is 8.21. The summed E-state index contributed by atoms with van der Waals surface area (Å²) < 4.78 is 1.06. The third-order valence-electron chi connectivity index (χ3n) is 3.70. The molecule has 0 unspecified atom stereocenters. The number of aromatic nitrogens is 1. The third kappa shape index (κ3) is 4.44. The average Bonchev–Trinajstić information content (AvgIpc) is 3.02. The van der Waals surface area contributed by atoms with Gasteiger partial charge in [-0.1, -0.05) is 66.6 Å². The van der Waals surface area contributed by atoms with Crippen molar-refractivity contribution in [1.29, 1.82) is 0 Å². The zero-order valence-electron chi connectivity index (χ0n) is 14.4. The van der Waals surface area contributed by atoms with Crippen LogP contribution in [0.5, 0.6) is 0 Å². The fourth-order valence-corrected chi connectivity index (χ4v) is 3.94. The van der Waals surface area contributed by atoms with Crippen LogP contribution in [0.3, 0.4) is 0 Å². The minimum absolute atomic E-state index is 0.122. The summed E-state index contributed by atoms with van der Waals surface area (Å²) >= 11 is 13.6. The van der Waals surface area contributed by atoms with Crippen LogP contribution in [0.15, 0.2) is 48.5 Å². The van der Waals surface area contributed by atoms with Gasteiger partial charge in [-0.25, -0.2) is 4.98 Å². The number of amides is 1. The van der Waals surface area contributed by atoms with Crippen molar-refractivity contribution in [3.63, 3.8) is 0 Å². The smallest absolute Gasteiger partial charge is 0.252 e. The molecule has 0 aliphatic carbocycles. The van der Waals surface area contributed by atoms with Gasteiger partial charge in [-0.05, 0) is 41.8 Å². The summed E-state index contributed by atoms with van der Waals surface area (Å²) in [7, 11) is 0. The maximum atomic E-state index is 12.8. The number of carbonyl (C=O) groups excluding carboxylic acids is 1. The molecule has 0 saturated carbocycles. The zero-order valence-corrected chi connectivity index (χ0v) is 16.8. The van der Waals surface area contributed by atoms with Crippen molar-refractivity contribution < 1.29 is 4.79 Å². The lowest BCUT2D eigenvalue weighted by molar-refractivity contribution is -0.114. The van der Waals surface area contributed by atoms with Gasteiger partial charge in [0.15, 0.2) is 5.13 Å². The van der Waals surface area contributed by atoms with Crippen LogP contribution in [0.4, 0.5) is 5.13 Å². The van der Waals surface area contributed by atoms with Gasteiger partial charge >= 0.3 is 0 Å². The minimum Gasteiger partial charge on any atom is -0.284 e. The lowest BCUT2D eigenvalue weighted by Gasteiger charge is -2.20. The average molecular weight is 405 g/mol. The molecular formula is C20H18Cl2N2OS. The van der Waals surface area contributed by atoms with E-state index >= 15 is 0 Å². The molecular weight excluding hydrogens is 387 g/mol. The van der Waals surface area contributed by atoms with Crippen LogP contribution in [-0.4, -0.2) is 17.4 Å². The van der Waals surface area contributed by atoms with E-state index in [0.717, 1.165) is 15.8 Å². The summed E-state index contributed by atoms with van der Waals surface area (Å²) in [6, 6.07) is 13.1. The number of hydrogen-bond donors (Lipinski definition) is 0. The maximum Gasteiger partial charge on any atom is 0.252 e. The lowest BCUT2D eigenvalue weighted by Crippen LogP contribution is -2.32. The number of para-hydroxylation sites is 1. The molecule has 0 N–H and O–H groups in total. The third-order valence-corrected chi connectivity index (χ3v) is 5.32. The Morgan fingerprint density at radius 1 is 1.23 bits per heavy atom. The van der Waals surface area contributed by atoms with Crippen LogP contribution in [-0.2, 0) is 4.79 Å². The highest BCUT2D eigenvalue weighted by Crippen LogP contribution is 2.29. The monoisotopic (exact) mass is 404 g/mol. The number of halogens is 2. The van der Waals surface area contributed by atoms with Crippen LogP contribution in [0.2, 0.25) is 10.0 Å². The summed E-state index contributed by atoms with van der Waals surface area (Å²) in [5, 5.41) is 1.78. The van der Waals surface area contributed by atoms with E-state index in [-0.39, 0.29) is 5.91 Å². The first-order valence-corrected chi connectivity index (χ1v) is 9.81. The van der Waals surface area contributed by atoms with Crippen molar-refractivity contribution in [2.45, 2.75) is 13.8 Å². The number of benzene rings is 2. The molecule has 0 fully saturated rings. The molecule has 0 aliphatic rings. The Bertz CT molecular complexity index is 932. The predicted molar refractivity (Wildman–Crippen MR) is 112 cm³/mol. The van der Waals surface area contributed by atoms with Crippen LogP contribution in [0.1, 0.15) is 19.4 Å². The number of anilines is 1. The quantitative estimate of drug-likeness (QED) is 0.467. The van der Waals surface area contributed by atoms with Crippen LogP contribution in [0, 0.1) is 5.92 Å². The van der Waals surface area contributed by atoms with Crippen molar-refractivity contribution in [2.75, 3.05) is 11.4 Å². The fourth-order valence-electron chi connectivity index (χ4n) is 2.49. The van der Waals surface area contributed by atoms with Crippen LogP contribution < -0.4 is 4.90 Å². The van der Waals surface area contributed by atoms with Gasteiger partial charge in [0.25, 0.3) is 5.91 Å². The molecule has 3 aromatic rings. The first kappa shape index (κ1) is 18.9. The van der Waals surface area contributed by atoms with E-state index in [4.69, 9.17) is 23.2 Å². The summed E-state index contributed by atoms with van der Waals surface area (Å²) in [4.78, 5) is 19.2. The molecule has 134 valence electrons. The van der Waals surface area contributed by atoms with Crippen molar-refractivity contribution in [3.8, 4) is 0 Å². The summed E-state index contributed by atoms with van der Waals surface area (Å²) in [6.45, 7) is 4.75. The molecule has 26 heavy (non-hydrogen) atoms. The molecule has 3 nitrogen and oxygen atoms in total. The van der Waals surface area contributed by atoms with Gasteiger partial charge < -0.3 is 0 Å². The van der Waals surface area contributed by atoms with Gasteiger partial charge in [0.1, 0.15) is 0 Å². The molecule has 2 aromatic carbocycles. The molecule has 0 saturated heterocycles. The number of carbonyl (C=O) groups is 1. The molecule has 6 heteroatoms. The molecule has 0 bridgehead atoms. The summed E-state index contributed by atoms with van der Waals surface area (Å²) in [6.07, 6.45) is 3.24. The Morgan fingerprint density at radius 2 is 2.00 bits per heavy atom. The lowest BCUT2D eigenvalue weighted by atomic mass is 10.2. The SMILES string of the molecule is CC(C)CN(C(=O)/C=C/c1ccc(Cl)cc1Cl)c1nc2ccccc2s1. The molecule has 0 spiro atoms. The van der Waals surface area contributed by atoms with Crippen molar-refractivity contribution >= 4 is 61.9 Å². The van der Waals surface area contributed by atoms with E-state index in [9.17, 15) is 4.79 Å². The minimum atomic E-state index is -0.122. The Labute approximate surface area is 166 Å². The van der Waals surface area contributed by atoms with E-state index in [1.807, 2.05) is 24.3 Å². The highest BCUT2D eigenvalue weighted by Gasteiger charge is 2.19. The second-order valence-corrected chi connectivity index (χ2v) is 8.16. The predicted octanol–water partition coefficient (Wildman–Crippen LogP) is 6.31. The van der Waals surface area contributed by atoms with Crippen molar-refractivity contribution in [3.05, 3.63) is 64.1 Å². The standard InChI is InChI=1S/C20H18Cl2N2OS/c1-13(2)12-24(20-23-17-5-3-4-6-18(17)26-20)19(25)10-8-14-7-9-15(21)11-16(14)22/h3-11,13H,12H2,1-2H3/b10-8+. The van der Waals surface area contributed by atoms with Gasteiger partial charge in [-0.3, -0.25) is 9.69 Å². The van der Waals surface area contributed by atoms with Crippen molar-refractivity contribution in [1.82, 2.24) is 4.98 Å². The first-order chi connectivity index (χ1) is 12.4. The van der Waals surface area contributed by atoms with Crippen LogP contribution >= 0.6 is 34.5 Å². The van der Waals surface area contributed by atoms with Crippen molar-refractivity contribution in [2.24, 2.45) is 5.92 Å². The molecule has 0 radical (unpaired) electrons. The number of fused-ring (bicyclic) bond motifs is 1. The van der Waals surface area contributed by atoms with Gasteiger partial charge in [0, 0.05) is 22.7 Å². The summed E-state index contributed by atoms with van der Waals surface area (Å²) in [5.41, 5.74) is 1.65. The molecule has 0 aliphatic heterocycles. The largest absolute Gasteiger partial charge is 0.284 e. The molecule has 1 amide bonds. The van der Waals surface area contributed by atoms with Gasteiger partial charge in [0.2, 0.25) is 0 Å². The van der Waals surface area contributed by atoms with E-state index in [1.165, 1.54) is 17.4 Å². The van der Waals surface area contributed by atoms with E-state index in [2.05, 4.69) is 18.8 Å². The maximum absolute atomic E-state index is 12.8. The normalized spacial score (nSPS) is 11.6. The Hall–Kier alpha value is -1.88. The fraction of sp³-hybridized carbons (Fsp3) is 0.200. The Balaban J connectivity index is 1.89. The number of hydrogen-bond acceptors (Lipinski definition) is 3. The molecule has 1 heterocycles.